The van der Waals surface area contributed by atoms with Gasteiger partial charge in [-0.2, -0.15) is 0 Å². The standard InChI is InChI=1S/C7H7NO4/c9-6(10)5-1-3-8(4-2-5)7(11)12/h1-3H,4H2,(H,9,10)(H,11,12). The lowest BCUT2D eigenvalue weighted by Gasteiger charge is -2.15. The van der Waals surface area contributed by atoms with Crippen molar-refractivity contribution in [2.24, 2.45) is 0 Å². The van der Waals surface area contributed by atoms with Gasteiger partial charge in [-0.25, -0.2) is 9.59 Å². The summed E-state index contributed by atoms with van der Waals surface area (Å²) < 4.78 is 0. The minimum Gasteiger partial charge on any atom is -0.478 e. The highest BCUT2D eigenvalue weighted by Gasteiger charge is 2.13. The molecular formula is C7H7NO4. The molecule has 0 saturated carbocycles. The lowest BCUT2D eigenvalue weighted by Crippen LogP contribution is -2.26. The number of carboxylic acid groups (broad SMARTS) is 2. The molecule has 5 heteroatoms. The second-order valence-corrected chi connectivity index (χ2v) is 2.22. The highest BCUT2D eigenvalue weighted by Crippen LogP contribution is 2.06. The number of carboxylic acids is 1. The van der Waals surface area contributed by atoms with Crippen molar-refractivity contribution in [2.45, 2.75) is 0 Å². The van der Waals surface area contributed by atoms with Gasteiger partial charge in [0.25, 0.3) is 0 Å². The average molecular weight is 169 g/mol. The van der Waals surface area contributed by atoms with E-state index < -0.39 is 12.1 Å². The first-order valence-electron chi connectivity index (χ1n) is 3.22. The van der Waals surface area contributed by atoms with Gasteiger partial charge in [0.15, 0.2) is 0 Å². The van der Waals surface area contributed by atoms with E-state index in [0.717, 1.165) is 4.90 Å². The lowest BCUT2D eigenvalue weighted by molar-refractivity contribution is -0.132. The maximum atomic E-state index is 10.3. The van der Waals surface area contributed by atoms with Gasteiger partial charge < -0.3 is 10.2 Å². The third-order valence-corrected chi connectivity index (χ3v) is 1.43. The Kier molecular flexibility index (Phi) is 2.14. The molecule has 0 bridgehead atoms. The number of nitrogens with zero attached hydrogens (tertiary/aromatic N) is 1. The Morgan fingerprint density at radius 3 is 2.42 bits per heavy atom. The Morgan fingerprint density at radius 2 is 2.08 bits per heavy atom. The average Bonchev–Trinajstić information content (AvgIpc) is 2.04. The molecule has 0 fully saturated rings. The number of amides is 1. The van der Waals surface area contributed by atoms with Crippen LogP contribution in [0.3, 0.4) is 0 Å². The maximum absolute atomic E-state index is 10.3. The Labute approximate surface area is 68.2 Å². The third-order valence-electron chi connectivity index (χ3n) is 1.43. The lowest BCUT2D eigenvalue weighted by atomic mass is 10.2. The molecule has 0 atom stereocenters. The van der Waals surface area contributed by atoms with Crippen molar-refractivity contribution in [2.75, 3.05) is 6.54 Å². The summed E-state index contributed by atoms with van der Waals surface area (Å²) in [4.78, 5) is 21.7. The van der Waals surface area contributed by atoms with E-state index in [4.69, 9.17) is 10.2 Å². The van der Waals surface area contributed by atoms with Crippen LogP contribution in [0.5, 0.6) is 0 Å². The monoisotopic (exact) mass is 169 g/mol. The first kappa shape index (κ1) is 8.32. The van der Waals surface area contributed by atoms with Gasteiger partial charge in [0.05, 0.1) is 5.57 Å². The summed E-state index contributed by atoms with van der Waals surface area (Å²) in [6.07, 6.45) is 2.73. The van der Waals surface area contributed by atoms with Gasteiger partial charge >= 0.3 is 12.1 Å². The molecule has 1 aliphatic heterocycles. The molecule has 5 nitrogen and oxygen atoms in total. The molecule has 1 rings (SSSR count). The fourth-order valence-corrected chi connectivity index (χ4v) is 0.796. The highest BCUT2D eigenvalue weighted by molar-refractivity contribution is 5.90. The van der Waals surface area contributed by atoms with Crippen LogP contribution in [0.1, 0.15) is 0 Å². The van der Waals surface area contributed by atoms with Crippen LogP contribution >= 0.6 is 0 Å². The normalized spacial score (nSPS) is 15.7. The topological polar surface area (TPSA) is 77.8 Å². The van der Waals surface area contributed by atoms with Crippen molar-refractivity contribution < 1.29 is 19.8 Å². The highest BCUT2D eigenvalue weighted by atomic mass is 16.4. The molecule has 0 spiro atoms. The number of rotatable bonds is 1. The van der Waals surface area contributed by atoms with Crippen molar-refractivity contribution in [3.63, 3.8) is 0 Å². The van der Waals surface area contributed by atoms with Crippen LogP contribution in [-0.2, 0) is 4.79 Å². The Hall–Kier alpha value is -1.78. The molecule has 2 N–H and O–H groups in total. The van der Waals surface area contributed by atoms with E-state index in [1.807, 2.05) is 0 Å². The predicted octanol–water partition coefficient (Wildman–Crippen LogP) is 0.505. The summed E-state index contributed by atoms with van der Waals surface area (Å²) in [5.41, 5.74) is 0.118. The van der Waals surface area contributed by atoms with Crippen molar-refractivity contribution >= 4 is 12.1 Å². The van der Waals surface area contributed by atoms with E-state index in [9.17, 15) is 9.59 Å². The van der Waals surface area contributed by atoms with Gasteiger partial charge in [0, 0.05) is 12.7 Å². The van der Waals surface area contributed by atoms with Gasteiger partial charge in [-0.1, -0.05) is 6.08 Å². The quantitative estimate of drug-likeness (QED) is 0.599. The van der Waals surface area contributed by atoms with Gasteiger partial charge in [-0.15, -0.1) is 0 Å². The zero-order chi connectivity index (χ0) is 9.14. The summed E-state index contributed by atoms with van der Waals surface area (Å²) in [5.74, 6) is -1.05. The van der Waals surface area contributed by atoms with Crippen LogP contribution in [0, 0.1) is 0 Å². The van der Waals surface area contributed by atoms with Gasteiger partial charge in [-0.3, -0.25) is 4.90 Å². The molecule has 1 heterocycles. The van der Waals surface area contributed by atoms with E-state index in [2.05, 4.69) is 0 Å². The first-order valence-corrected chi connectivity index (χ1v) is 3.22. The van der Waals surface area contributed by atoms with Crippen LogP contribution in [0.4, 0.5) is 4.79 Å². The first-order chi connectivity index (χ1) is 5.61. The fourth-order valence-electron chi connectivity index (χ4n) is 0.796. The predicted molar refractivity (Wildman–Crippen MR) is 39.6 cm³/mol. The minimum absolute atomic E-state index is 0.0907. The largest absolute Gasteiger partial charge is 0.478 e. The number of aliphatic carboxylic acids is 1. The Balaban J connectivity index is 2.68. The molecule has 0 aromatic heterocycles. The van der Waals surface area contributed by atoms with Gasteiger partial charge in [0.2, 0.25) is 0 Å². The third kappa shape index (κ3) is 1.63. The fraction of sp³-hybridized carbons (Fsp3) is 0.143. The molecule has 0 aromatic rings. The van der Waals surface area contributed by atoms with Crippen LogP contribution in [-0.4, -0.2) is 33.7 Å². The number of hydrogen-bond acceptors (Lipinski definition) is 2. The Morgan fingerprint density at radius 1 is 1.42 bits per heavy atom. The van der Waals surface area contributed by atoms with Crippen LogP contribution in [0.2, 0.25) is 0 Å². The molecule has 0 aliphatic carbocycles. The summed E-state index contributed by atoms with van der Waals surface area (Å²) in [5, 5.41) is 16.9. The van der Waals surface area contributed by atoms with Crippen LogP contribution in [0.15, 0.2) is 23.9 Å². The number of carbonyl (C=O) groups is 2. The zero-order valence-corrected chi connectivity index (χ0v) is 6.10. The second-order valence-electron chi connectivity index (χ2n) is 2.22. The van der Waals surface area contributed by atoms with Gasteiger partial charge in [0.1, 0.15) is 0 Å². The van der Waals surface area contributed by atoms with Crippen LogP contribution in [0.25, 0.3) is 0 Å². The molecule has 12 heavy (non-hydrogen) atoms. The van der Waals surface area contributed by atoms with Crippen molar-refractivity contribution in [1.29, 1.82) is 0 Å². The summed E-state index contributed by atoms with van der Waals surface area (Å²) in [6.45, 7) is 0.0907. The summed E-state index contributed by atoms with van der Waals surface area (Å²) in [6, 6.07) is 0. The van der Waals surface area contributed by atoms with E-state index in [0.29, 0.717) is 0 Å². The van der Waals surface area contributed by atoms with E-state index in [1.54, 1.807) is 0 Å². The van der Waals surface area contributed by atoms with Crippen molar-refractivity contribution in [1.82, 2.24) is 4.90 Å². The maximum Gasteiger partial charge on any atom is 0.411 e. The molecule has 0 unspecified atom stereocenters. The van der Waals surface area contributed by atoms with E-state index in [1.165, 1.54) is 18.4 Å². The molecule has 0 radical (unpaired) electrons. The molecule has 0 saturated heterocycles. The molecule has 0 aromatic carbocycles. The van der Waals surface area contributed by atoms with Crippen molar-refractivity contribution in [3.05, 3.63) is 23.9 Å². The van der Waals surface area contributed by atoms with Crippen LogP contribution < -0.4 is 0 Å². The van der Waals surface area contributed by atoms with Crippen molar-refractivity contribution in [3.8, 4) is 0 Å². The van der Waals surface area contributed by atoms with Gasteiger partial charge in [-0.05, 0) is 6.08 Å². The Bertz CT molecular complexity index is 279. The van der Waals surface area contributed by atoms with E-state index in [-0.39, 0.29) is 12.1 Å². The molecule has 64 valence electrons. The molecular weight excluding hydrogens is 162 g/mol. The number of hydrogen-bond donors (Lipinski definition) is 2. The molecule has 1 amide bonds. The zero-order valence-electron chi connectivity index (χ0n) is 6.10. The molecule has 1 aliphatic rings. The summed E-state index contributed by atoms with van der Waals surface area (Å²) in [7, 11) is 0. The minimum atomic E-state index is -1.09. The second kappa shape index (κ2) is 3.08. The SMILES string of the molecule is O=C(O)C1=CCN(C(=O)O)C=C1. The smallest absolute Gasteiger partial charge is 0.411 e. The van der Waals surface area contributed by atoms with E-state index >= 15 is 0 Å². The summed E-state index contributed by atoms with van der Waals surface area (Å²) >= 11 is 0.